The molecule has 0 atom stereocenters. The Morgan fingerprint density at radius 1 is 0.892 bits per heavy atom. The van der Waals surface area contributed by atoms with Gasteiger partial charge in [-0.05, 0) is 57.0 Å². The van der Waals surface area contributed by atoms with Crippen molar-refractivity contribution in [3.63, 3.8) is 0 Å². The molecule has 0 saturated heterocycles. The van der Waals surface area contributed by atoms with Crippen molar-refractivity contribution in [1.29, 1.82) is 0 Å². The minimum atomic E-state index is -4.67. The average molecular weight is 529 g/mol. The Hall–Kier alpha value is -3.43. The molecule has 194 valence electrons. The Labute approximate surface area is 214 Å². The first kappa shape index (κ1) is 26.6. The molecule has 0 saturated carbocycles. The van der Waals surface area contributed by atoms with E-state index in [4.69, 9.17) is 0 Å². The van der Waals surface area contributed by atoms with Crippen LogP contribution < -0.4 is 0 Å². The Balaban J connectivity index is 2.07. The van der Waals surface area contributed by atoms with Gasteiger partial charge in [0.05, 0.1) is 27.1 Å². The third-order valence-corrected chi connectivity index (χ3v) is 8.24. The first-order valence-electron chi connectivity index (χ1n) is 11.6. The lowest BCUT2D eigenvalue weighted by Crippen LogP contribution is -2.17. The highest BCUT2D eigenvalue weighted by Gasteiger charge is 2.36. The summed E-state index contributed by atoms with van der Waals surface area (Å²) in [6.07, 6.45) is -3.29. The van der Waals surface area contributed by atoms with Crippen LogP contribution in [0.15, 0.2) is 83.9 Å². The highest BCUT2D eigenvalue weighted by atomic mass is 32.2. The second kappa shape index (κ2) is 9.46. The second-order valence-electron chi connectivity index (χ2n) is 9.56. The maximum atomic E-state index is 13.9. The van der Waals surface area contributed by atoms with E-state index >= 15 is 0 Å². The fourth-order valence-electron chi connectivity index (χ4n) is 3.98. The number of rotatable bonds is 6. The van der Waals surface area contributed by atoms with E-state index in [2.05, 4.69) is 4.98 Å². The molecule has 0 spiro atoms. The van der Waals surface area contributed by atoms with Crippen LogP contribution in [0.1, 0.15) is 39.0 Å². The Kier molecular flexibility index (Phi) is 6.81. The highest BCUT2D eigenvalue weighted by Crippen LogP contribution is 2.39. The van der Waals surface area contributed by atoms with Gasteiger partial charge in [-0.15, -0.1) is 0 Å². The number of hydrogen-bond donors (Lipinski definition) is 1. The molecule has 0 unspecified atom stereocenters. The van der Waals surface area contributed by atoms with E-state index < -0.39 is 32.4 Å². The van der Waals surface area contributed by atoms with Crippen molar-refractivity contribution < 1.29 is 26.7 Å². The molecule has 0 amide bonds. The third kappa shape index (κ3) is 5.19. The number of aliphatic hydroxyl groups is 1. The van der Waals surface area contributed by atoms with Gasteiger partial charge >= 0.3 is 6.18 Å². The molecule has 9 heteroatoms. The highest BCUT2D eigenvalue weighted by molar-refractivity contribution is 7.92. The quantitative estimate of drug-likeness (QED) is 0.305. The van der Waals surface area contributed by atoms with E-state index in [9.17, 15) is 26.7 Å². The summed E-state index contributed by atoms with van der Waals surface area (Å²) in [6, 6.07) is 19.0. The summed E-state index contributed by atoms with van der Waals surface area (Å²) in [7, 11) is -3.88. The number of alkyl halides is 3. The summed E-state index contributed by atoms with van der Waals surface area (Å²) in [5.74, 6) is -0.127. The molecular formula is C28H27F3N2O3S. The molecule has 0 aliphatic rings. The molecule has 0 radical (unpaired) electrons. The largest absolute Gasteiger partial charge is 0.417 e. The first-order chi connectivity index (χ1) is 17.2. The van der Waals surface area contributed by atoms with Crippen molar-refractivity contribution in [1.82, 2.24) is 9.55 Å². The van der Waals surface area contributed by atoms with Crippen LogP contribution in [0.2, 0.25) is 0 Å². The van der Waals surface area contributed by atoms with Gasteiger partial charge in [-0.25, -0.2) is 13.4 Å². The summed E-state index contributed by atoms with van der Waals surface area (Å²) < 4.78 is 70.2. The fourth-order valence-corrected chi connectivity index (χ4v) is 5.24. The van der Waals surface area contributed by atoms with Crippen LogP contribution in [-0.2, 0) is 21.6 Å². The van der Waals surface area contributed by atoms with Crippen LogP contribution >= 0.6 is 0 Å². The van der Waals surface area contributed by atoms with Crippen molar-refractivity contribution in [2.24, 2.45) is 0 Å². The smallest absolute Gasteiger partial charge is 0.384 e. The second-order valence-corrected chi connectivity index (χ2v) is 12.0. The minimum absolute atomic E-state index is 0.0470. The molecule has 4 rings (SSSR count). The maximum Gasteiger partial charge on any atom is 0.417 e. The predicted octanol–water partition coefficient (Wildman–Crippen LogP) is 6.63. The summed E-state index contributed by atoms with van der Waals surface area (Å²) in [6.45, 7) is 6.02. The SMILES string of the molecule is CC(C)S(=O)(=O)c1cc(-c2ccccc2)ccc1-n1cc(C(C)(C)O)nc1-c1ccccc1C(F)(F)F. The monoisotopic (exact) mass is 528 g/mol. The zero-order chi connectivity index (χ0) is 27.2. The number of nitrogens with zero attached hydrogens (tertiary/aromatic N) is 2. The molecule has 4 aromatic rings. The van der Waals surface area contributed by atoms with Crippen LogP contribution in [0.3, 0.4) is 0 Å². The first-order valence-corrected chi connectivity index (χ1v) is 13.2. The van der Waals surface area contributed by atoms with Crippen LogP contribution in [0.5, 0.6) is 0 Å². The predicted molar refractivity (Wildman–Crippen MR) is 137 cm³/mol. The minimum Gasteiger partial charge on any atom is -0.384 e. The van der Waals surface area contributed by atoms with E-state index in [0.29, 0.717) is 5.56 Å². The lowest BCUT2D eigenvalue weighted by atomic mass is 10.0. The molecule has 1 aromatic heterocycles. The lowest BCUT2D eigenvalue weighted by molar-refractivity contribution is -0.137. The maximum absolute atomic E-state index is 13.9. The fraction of sp³-hybridized carbons (Fsp3) is 0.250. The molecule has 0 aliphatic carbocycles. The van der Waals surface area contributed by atoms with Crippen LogP contribution in [0.25, 0.3) is 28.2 Å². The van der Waals surface area contributed by atoms with Crippen molar-refractivity contribution in [2.45, 2.75) is 49.6 Å². The molecule has 37 heavy (non-hydrogen) atoms. The molecule has 0 fully saturated rings. The van der Waals surface area contributed by atoms with Gasteiger partial charge in [0.15, 0.2) is 9.84 Å². The van der Waals surface area contributed by atoms with E-state index in [1.165, 1.54) is 48.9 Å². The number of benzene rings is 3. The zero-order valence-electron chi connectivity index (χ0n) is 20.8. The summed E-state index contributed by atoms with van der Waals surface area (Å²) >= 11 is 0. The van der Waals surface area contributed by atoms with Crippen LogP contribution in [0.4, 0.5) is 13.2 Å². The standard InChI is InChI=1S/C28H27F3N2O3S/c1-18(2)37(35,36)24-16-20(19-10-6-5-7-11-19)14-15-23(24)33-17-25(27(3,4)34)32-26(33)21-12-8-9-13-22(21)28(29,30)31/h5-18,34H,1-4H3. The normalized spacial score (nSPS) is 12.8. The van der Waals surface area contributed by atoms with E-state index in [-0.39, 0.29) is 27.7 Å². The van der Waals surface area contributed by atoms with Crippen molar-refractivity contribution in [3.05, 3.63) is 90.3 Å². The number of hydrogen-bond acceptors (Lipinski definition) is 4. The van der Waals surface area contributed by atoms with Gasteiger partial charge in [0.2, 0.25) is 0 Å². The molecular weight excluding hydrogens is 501 g/mol. The van der Waals surface area contributed by atoms with Crippen molar-refractivity contribution in [3.8, 4) is 28.2 Å². The van der Waals surface area contributed by atoms with Crippen LogP contribution in [-0.4, -0.2) is 28.3 Å². The van der Waals surface area contributed by atoms with Gasteiger partial charge in [0.1, 0.15) is 11.4 Å². The van der Waals surface area contributed by atoms with E-state index in [1.54, 1.807) is 26.0 Å². The van der Waals surface area contributed by atoms with E-state index in [1.807, 2.05) is 30.3 Å². The van der Waals surface area contributed by atoms with Gasteiger partial charge in [-0.3, -0.25) is 4.57 Å². The Bertz CT molecular complexity index is 1540. The van der Waals surface area contributed by atoms with Gasteiger partial charge in [-0.2, -0.15) is 13.2 Å². The number of imidazole rings is 1. The molecule has 5 nitrogen and oxygen atoms in total. The molecule has 0 aliphatic heterocycles. The third-order valence-electron chi connectivity index (χ3n) is 6.06. The van der Waals surface area contributed by atoms with Gasteiger partial charge in [0.25, 0.3) is 0 Å². The Morgan fingerprint density at radius 2 is 1.51 bits per heavy atom. The van der Waals surface area contributed by atoms with E-state index in [0.717, 1.165) is 11.6 Å². The zero-order valence-corrected chi connectivity index (χ0v) is 21.6. The summed E-state index contributed by atoms with van der Waals surface area (Å²) in [4.78, 5) is 4.32. The van der Waals surface area contributed by atoms with Crippen molar-refractivity contribution in [2.75, 3.05) is 0 Å². The molecule has 0 bridgehead atoms. The molecule has 3 aromatic carbocycles. The number of halogens is 3. The topological polar surface area (TPSA) is 72.2 Å². The Morgan fingerprint density at radius 3 is 2.11 bits per heavy atom. The van der Waals surface area contributed by atoms with Crippen LogP contribution in [0, 0.1) is 0 Å². The molecule has 1 N–H and O–H groups in total. The number of aromatic nitrogens is 2. The molecule has 1 heterocycles. The van der Waals surface area contributed by atoms with Crippen molar-refractivity contribution >= 4 is 9.84 Å². The summed E-state index contributed by atoms with van der Waals surface area (Å²) in [5.41, 5.74) is -0.969. The van der Waals surface area contributed by atoms with Gasteiger partial charge < -0.3 is 5.11 Å². The summed E-state index contributed by atoms with van der Waals surface area (Å²) in [5, 5.41) is 9.85. The van der Waals surface area contributed by atoms with Gasteiger partial charge in [-0.1, -0.05) is 54.6 Å². The lowest BCUT2D eigenvalue weighted by Gasteiger charge is -2.18. The van der Waals surface area contributed by atoms with Gasteiger partial charge in [0, 0.05) is 11.8 Å². The average Bonchev–Trinajstić information content (AvgIpc) is 3.29. The number of sulfone groups is 1.